The lowest BCUT2D eigenvalue weighted by molar-refractivity contribution is -0.129. The summed E-state index contributed by atoms with van der Waals surface area (Å²) in [4.78, 5) is 25.9. The van der Waals surface area contributed by atoms with Gasteiger partial charge in [0.25, 0.3) is 5.91 Å². The molecule has 26 heavy (non-hydrogen) atoms. The highest BCUT2D eigenvalue weighted by Crippen LogP contribution is 2.27. The summed E-state index contributed by atoms with van der Waals surface area (Å²) < 4.78 is 5.33. The third kappa shape index (κ3) is 7.14. The van der Waals surface area contributed by atoms with Crippen molar-refractivity contribution in [3.8, 4) is 5.75 Å². The predicted molar refractivity (Wildman–Crippen MR) is 104 cm³/mol. The summed E-state index contributed by atoms with van der Waals surface area (Å²) in [6, 6.07) is 4.90. The number of benzene rings is 1. The Morgan fingerprint density at radius 3 is 2.31 bits per heavy atom. The minimum atomic E-state index is -0.416. The SMILES string of the molecule is CC(=CC(=O)N(C(C)C)C(C)C)NNC(=O)COc1ccc(Cl)cc1Cl. The van der Waals surface area contributed by atoms with E-state index in [1.165, 1.54) is 12.1 Å². The van der Waals surface area contributed by atoms with Gasteiger partial charge in [-0.25, -0.2) is 0 Å². The van der Waals surface area contributed by atoms with Crippen LogP contribution < -0.4 is 15.6 Å². The average Bonchev–Trinajstić information content (AvgIpc) is 2.51. The van der Waals surface area contributed by atoms with E-state index in [4.69, 9.17) is 27.9 Å². The van der Waals surface area contributed by atoms with Crippen molar-refractivity contribution in [3.05, 3.63) is 40.0 Å². The van der Waals surface area contributed by atoms with E-state index >= 15 is 0 Å². The second-order valence-electron chi connectivity index (χ2n) is 6.30. The van der Waals surface area contributed by atoms with Crippen molar-refractivity contribution in [2.45, 2.75) is 46.7 Å². The van der Waals surface area contributed by atoms with E-state index in [0.29, 0.717) is 21.5 Å². The van der Waals surface area contributed by atoms with Gasteiger partial charge in [0, 0.05) is 28.9 Å². The van der Waals surface area contributed by atoms with Gasteiger partial charge in [-0.1, -0.05) is 23.2 Å². The Morgan fingerprint density at radius 2 is 1.77 bits per heavy atom. The number of carbonyl (C=O) groups excluding carboxylic acids is 2. The van der Waals surface area contributed by atoms with Gasteiger partial charge in [-0.3, -0.25) is 15.0 Å². The first-order valence-corrected chi connectivity index (χ1v) is 9.00. The highest BCUT2D eigenvalue weighted by atomic mass is 35.5. The lowest BCUT2D eigenvalue weighted by Crippen LogP contribution is -2.43. The zero-order valence-corrected chi connectivity index (χ0v) is 17.1. The summed E-state index contributed by atoms with van der Waals surface area (Å²) in [6.45, 7) is 9.27. The first-order valence-electron chi connectivity index (χ1n) is 8.25. The van der Waals surface area contributed by atoms with Crippen molar-refractivity contribution < 1.29 is 14.3 Å². The van der Waals surface area contributed by atoms with Crippen molar-refractivity contribution in [3.63, 3.8) is 0 Å². The van der Waals surface area contributed by atoms with E-state index in [-0.39, 0.29) is 24.6 Å². The molecule has 0 aliphatic rings. The Bertz CT molecular complexity index is 668. The predicted octanol–water partition coefficient (Wildman–Crippen LogP) is 3.54. The monoisotopic (exact) mass is 401 g/mol. The number of halogens is 2. The molecule has 0 atom stereocenters. The molecule has 8 heteroatoms. The maximum absolute atomic E-state index is 12.3. The highest BCUT2D eigenvalue weighted by molar-refractivity contribution is 6.35. The van der Waals surface area contributed by atoms with Crippen LogP contribution in [-0.2, 0) is 9.59 Å². The summed E-state index contributed by atoms with van der Waals surface area (Å²) in [5.41, 5.74) is 5.66. The summed E-state index contributed by atoms with van der Waals surface area (Å²) >= 11 is 11.8. The number of amides is 2. The second kappa shape index (κ2) is 10.3. The lowest BCUT2D eigenvalue weighted by Gasteiger charge is -2.29. The average molecular weight is 402 g/mol. The Labute approximate surface area is 164 Å². The third-order valence-electron chi connectivity index (χ3n) is 3.36. The van der Waals surface area contributed by atoms with E-state index in [2.05, 4.69) is 10.9 Å². The molecule has 0 aliphatic heterocycles. The molecule has 0 unspecified atom stereocenters. The molecule has 1 aromatic carbocycles. The maximum atomic E-state index is 12.3. The van der Waals surface area contributed by atoms with Gasteiger partial charge in [-0.05, 0) is 52.8 Å². The molecule has 0 aromatic heterocycles. The smallest absolute Gasteiger partial charge is 0.276 e. The number of carbonyl (C=O) groups is 2. The van der Waals surface area contributed by atoms with Gasteiger partial charge >= 0.3 is 0 Å². The van der Waals surface area contributed by atoms with Crippen LogP contribution in [0.2, 0.25) is 10.0 Å². The number of allylic oxidation sites excluding steroid dienone is 1. The van der Waals surface area contributed by atoms with Crippen molar-refractivity contribution >= 4 is 35.0 Å². The van der Waals surface area contributed by atoms with Crippen molar-refractivity contribution in [1.29, 1.82) is 0 Å². The third-order valence-corrected chi connectivity index (χ3v) is 3.89. The Balaban J connectivity index is 2.51. The minimum Gasteiger partial charge on any atom is -0.482 e. The normalized spacial score (nSPS) is 11.5. The topological polar surface area (TPSA) is 70.7 Å². The van der Waals surface area contributed by atoms with Crippen LogP contribution in [0.4, 0.5) is 0 Å². The van der Waals surface area contributed by atoms with Crippen molar-refractivity contribution in [1.82, 2.24) is 15.8 Å². The molecule has 1 aromatic rings. The van der Waals surface area contributed by atoms with Gasteiger partial charge in [-0.2, -0.15) is 0 Å². The number of ether oxygens (including phenoxy) is 1. The largest absolute Gasteiger partial charge is 0.482 e. The first kappa shape index (κ1) is 22.1. The molecule has 0 bridgehead atoms. The lowest BCUT2D eigenvalue weighted by atomic mass is 10.2. The molecule has 0 heterocycles. The van der Waals surface area contributed by atoms with Gasteiger partial charge < -0.3 is 15.1 Å². The second-order valence-corrected chi connectivity index (χ2v) is 7.14. The molecule has 0 radical (unpaired) electrons. The molecule has 0 spiro atoms. The van der Waals surface area contributed by atoms with Gasteiger partial charge in [0.15, 0.2) is 6.61 Å². The number of hydrazine groups is 1. The van der Waals surface area contributed by atoms with Gasteiger partial charge in [-0.15, -0.1) is 0 Å². The number of hydrogen-bond donors (Lipinski definition) is 2. The van der Waals surface area contributed by atoms with Crippen LogP contribution in [-0.4, -0.2) is 35.4 Å². The number of hydrogen-bond acceptors (Lipinski definition) is 4. The van der Waals surface area contributed by atoms with Crippen LogP contribution in [0.15, 0.2) is 30.0 Å². The summed E-state index contributed by atoms with van der Waals surface area (Å²) in [6.07, 6.45) is 1.44. The zero-order valence-electron chi connectivity index (χ0n) is 15.6. The molecular formula is C18H25Cl2N3O3. The molecule has 1 rings (SSSR count). The van der Waals surface area contributed by atoms with Gasteiger partial charge in [0.1, 0.15) is 5.75 Å². The van der Waals surface area contributed by atoms with Crippen LogP contribution in [0, 0.1) is 0 Å². The molecule has 0 fully saturated rings. The van der Waals surface area contributed by atoms with E-state index in [1.807, 2.05) is 27.7 Å². The standard InChI is InChI=1S/C18H25Cl2N3O3/c1-11(2)23(12(3)4)18(25)8-13(5)21-22-17(24)10-26-16-7-6-14(19)9-15(16)20/h6-9,11-12,21H,10H2,1-5H3,(H,22,24). The zero-order chi connectivity index (χ0) is 19.9. The van der Waals surface area contributed by atoms with E-state index in [1.54, 1.807) is 24.0 Å². The van der Waals surface area contributed by atoms with Crippen LogP contribution in [0.1, 0.15) is 34.6 Å². The fraction of sp³-hybridized carbons (Fsp3) is 0.444. The summed E-state index contributed by atoms with van der Waals surface area (Å²) in [5, 5.41) is 0.804. The number of nitrogens with one attached hydrogen (secondary N) is 2. The first-order chi connectivity index (χ1) is 12.1. The molecule has 2 N–H and O–H groups in total. The van der Waals surface area contributed by atoms with E-state index in [0.717, 1.165) is 0 Å². The van der Waals surface area contributed by atoms with Crippen molar-refractivity contribution in [2.24, 2.45) is 0 Å². The minimum absolute atomic E-state index is 0.0821. The van der Waals surface area contributed by atoms with Crippen molar-refractivity contribution in [2.75, 3.05) is 6.61 Å². The summed E-state index contributed by atoms with van der Waals surface area (Å²) in [5.74, 6) is -0.183. The molecule has 144 valence electrons. The van der Waals surface area contributed by atoms with Crippen LogP contribution in [0.25, 0.3) is 0 Å². The summed E-state index contributed by atoms with van der Waals surface area (Å²) in [7, 11) is 0. The Hall–Kier alpha value is -1.92. The molecule has 0 aliphatic carbocycles. The quantitative estimate of drug-likeness (QED) is 0.516. The van der Waals surface area contributed by atoms with Crippen LogP contribution in [0.3, 0.4) is 0 Å². The molecular weight excluding hydrogens is 377 g/mol. The molecule has 2 amide bonds. The molecule has 0 saturated heterocycles. The van der Waals surface area contributed by atoms with Crippen LogP contribution >= 0.6 is 23.2 Å². The number of rotatable bonds is 8. The fourth-order valence-corrected chi connectivity index (χ4v) is 2.80. The molecule has 6 nitrogen and oxygen atoms in total. The maximum Gasteiger partial charge on any atom is 0.276 e. The van der Waals surface area contributed by atoms with E-state index in [9.17, 15) is 9.59 Å². The van der Waals surface area contributed by atoms with E-state index < -0.39 is 5.91 Å². The van der Waals surface area contributed by atoms with Crippen LogP contribution in [0.5, 0.6) is 5.75 Å². The fourth-order valence-electron chi connectivity index (χ4n) is 2.34. The molecule has 0 saturated carbocycles. The van der Waals surface area contributed by atoms with Gasteiger partial charge in [0.05, 0.1) is 5.02 Å². The highest BCUT2D eigenvalue weighted by Gasteiger charge is 2.18. The number of nitrogens with zero attached hydrogens (tertiary/aromatic N) is 1. The Morgan fingerprint density at radius 1 is 1.15 bits per heavy atom. The Kier molecular flexibility index (Phi) is 8.75. The van der Waals surface area contributed by atoms with Gasteiger partial charge in [0.2, 0.25) is 5.91 Å².